The Morgan fingerprint density at radius 2 is 1.68 bits per heavy atom. The normalized spacial score (nSPS) is 10.8. The smallest absolute Gasteiger partial charge is 0.412 e. The molecule has 0 aliphatic rings. The molecule has 0 fully saturated rings. The maximum atomic E-state index is 12.4. The van der Waals surface area contributed by atoms with E-state index in [1.54, 1.807) is 12.3 Å². The topological polar surface area (TPSA) is 88.6 Å². The SMILES string of the molecule is Cc1cccc(-c2ccccc2CCCOC(=O)Nc2ccnc(Nc3ccc(OCCN(C)C)cc3)n2)c1C. The first kappa shape index (κ1) is 28.6. The van der Waals surface area contributed by atoms with Crippen molar-refractivity contribution in [3.63, 3.8) is 0 Å². The average Bonchev–Trinajstić information content (AvgIpc) is 2.94. The Kier molecular flexibility index (Phi) is 10.1. The van der Waals surface area contributed by atoms with Gasteiger partial charge < -0.3 is 19.7 Å². The van der Waals surface area contributed by atoms with E-state index in [0.29, 0.717) is 31.4 Å². The van der Waals surface area contributed by atoms with E-state index in [-0.39, 0.29) is 0 Å². The number of likely N-dealkylation sites (N-methyl/N-ethyl adjacent to an activating group) is 1. The van der Waals surface area contributed by atoms with Crippen LogP contribution in [-0.4, -0.2) is 54.8 Å². The molecule has 2 N–H and O–H groups in total. The second-order valence-corrected chi connectivity index (χ2v) is 9.84. The molecule has 0 spiro atoms. The zero-order valence-electron chi connectivity index (χ0n) is 23.6. The Morgan fingerprint density at radius 1 is 0.900 bits per heavy atom. The minimum Gasteiger partial charge on any atom is -0.492 e. The molecule has 0 bridgehead atoms. The van der Waals surface area contributed by atoms with Gasteiger partial charge in [-0.1, -0.05) is 42.5 Å². The number of aromatic nitrogens is 2. The molecule has 0 unspecified atom stereocenters. The molecule has 1 heterocycles. The summed E-state index contributed by atoms with van der Waals surface area (Å²) in [5, 5.41) is 5.82. The molecular weight excluding hydrogens is 502 g/mol. The van der Waals surface area contributed by atoms with Crippen LogP contribution in [0.1, 0.15) is 23.1 Å². The third-order valence-electron chi connectivity index (χ3n) is 6.54. The van der Waals surface area contributed by atoms with Crippen LogP contribution >= 0.6 is 0 Å². The van der Waals surface area contributed by atoms with Gasteiger partial charge in [0.2, 0.25) is 5.95 Å². The van der Waals surface area contributed by atoms with Crippen molar-refractivity contribution in [2.24, 2.45) is 0 Å². The highest BCUT2D eigenvalue weighted by atomic mass is 16.5. The number of anilines is 3. The van der Waals surface area contributed by atoms with Crippen LogP contribution in [0.25, 0.3) is 11.1 Å². The first-order chi connectivity index (χ1) is 19.4. The maximum Gasteiger partial charge on any atom is 0.412 e. The Labute approximate surface area is 236 Å². The zero-order chi connectivity index (χ0) is 28.3. The van der Waals surface area contributed by atoms with Crippen LogP contribution in [0.5, 0.6) is 5.75 Å². The molecule has 8 nitrogen and oxygen atoms in total. The van der Waals surface area contributed by atoms with Crippen molar-refractivity contribution in [3.05, 3.63) is 95.7 Å². The highest BCUT2D eigenvalue weighted by molar-refractivity contribution is 5.83. The van der Waals surface area contributed by atoms with Crippen LogP contribution < -0.4 is 15.4 Å². The fourth-order valence-corrected chi connectivity index (χ4v) is 4.21. The summed E-state index contributed by atoms with van der Waals surface area (Å²) in [4.78, 5) is 23.1. The van der Waals surface area contributed by atoms with Gasteiger partial charge in [0.25, 0.3) is 0 Å². The number of hydrogen-bond acceptors (Lipinski definition) is 7. The second-order valence-electron chi connectivity index (χ2n) is 9.84. The van der Waals surface area contributed by atoms with Crippen molar-refractivity contribution in [2.75, 3.05) is 44.5 Å². The molecule has 40 heavy (non-hydrogen) atoms. The van der Waals surface area contributed by atoms with Crippen LogP contribution in [0.2, 0.25) is 0 Å². The van der Waals surface area contributed by atoms with Crippen molar-refractivity contribution >= 4 is 23.5 Å². The molecule has 0 saturated heterocycles. The predicted molar refractivity (Wildman–Crippen MR) is 160 cm³/mol. The molecule has 3 aromatic carbocycles. The predicted octanol–water partition coefficient (Wildman–Crippen LogP) is 6.63. The largest absolute Gasteiger partial charge is 0.492 e. The fourth-order valence-electron chi connectivity index (χ4n) is 4.21. The summed E-state index contributed by atoms with van der Waals surface area (Å²) in [6, 6.07) is 24.0. The number of aryl methyl sites for hydroxylation is 2. The Morgan fingerprint density at radius 3 is 2.48 bits per heavy atom. The van der Waals surface area contributed by atoms with E-state index in [4.69, 9.17) is 9.47 Å². The van der Waals surface area contributed by atoms with Gasteiger partial charge >= 0.3 is 6.09 Å². The molecule has 0 saturated carbocycles. The first-order valence-corrected chi connectivity index (χ1v) is 13.4. The number of ether oxygens (including phenoxy) is 2. The lowest BCUT2D eigenvalue weighted by Crippen LogP contribution is -2.19. The van der Waals surface area contributed by atoms with Crippen LogP contribution in [-0.2, 0) is 11.2 Å². The molecule has 0 aliphatic carbocycles. The molecule has 4 aromatic rings. The van der Waals surface area contributed by atoms with E-state index in [1.165, 1.54) is 27.8 Å². The van der Waals surface area contributed by atoms with Gasteiger partial charge in [-0.2, -0.15) is 4.98 Å². The second kappa shape index (κ2) is 14.1. The zero-order valence-corrected chi connectivity index (χ0v) is 23.6. The van der Waals surface area contributed by atoms with E-state index < -0.39 is 6.09 Å². The van der Waals surface area contributed by atoms with Gasteiger partial charge in [-0.3, -0.25) is 5.32 Å². The molecule has 0 atom stereocenters. The molecule has 4 rings (SSSR count). The average molecular weight is 540 g/mol. The van der Waals surface area contributed by atoms with Crippen molar-refractivity contribution in [1.29, 1.82) is 0 Å². The van der Waals surface area contributed by atoms with E-state index >= 15 is 0 Å². The lowest BCUT2D eigenvalue weighted by molar-refractivity contribution is 0.160. The standard InChI is InChI=1S/C32H37N5O3/c1-23-9-7-13-28(24(23)2)29-12-6-5-10-25(29)11-8-21-40-32(38)36-30-18-19-33-31(35-30)34-26-14-16-27(17-15-26)39-22-20-37(3)4/h5-7,9-10,12-19H,8,11,20-22H2,1-4H3,(H2,33,34,35,36,38). The van der Waals surface area contributed by atoms with E-state index in [1.807, 2.05) is 44.4 Å². The summed E-state index contributed by atoms with van der Waals surface area (Å²) < 4.78 is 11.1. The third-order valence-corrected chi connectivity index (χ3v) is 6.54. The van der Waals surface area contributed by atoms with Gasteiger partial charge in [0.15, 0.2) is 0 Å². The van der Waals surface area contributed by atoms with Gasteiger partial charge in [0.1, 0.15) is 18.2 Å². The number of nitrogens with zero attached hydrogens (tertiary/aromatic N) is 3. The van der Waals surface area contributed by atoms with E-state index in [2.05, 4.69) is 75.7 Å². The lowest BCUT2D eigenvalue weighted by atomic mass is 9.92. The molecule has 8 heteroatoms. The number of nitrogens with one attached hydrogen (secondary N) is 2. The number of hydrogen-bond donors (Lipinski definition) is 2. The van der Waals surface area contributed by atoms with E-state index in [0.717, 1.165) is 24.4 Å². The van der Waals surface area contributed by atoms with Gasteiger partial charge in [-0.15, -0.1) is 0 Å². The summed E-state index contributed by atoms with van der Waals surface area (Å²) in [5.41, 5.74) is 7.06. The minimum absolute atomic E-state index is 0.298. The number of rotatable bonds is 12. The Bertz CT molecular complexity index is 1410. The molecule has 208 valence electrons. The van der Waals surface area contributed by atoms with Crippen LogP contribution in [0.3, 0.4) is 0 Å². The Hall–Kier alpha value is -4.43. The summed E-state index contributed by atoms with van der Waals surface area (Å²) in [5.74, 6) is 1.51. The summed E-state index contributed by atoms with van der Waals surface area (Å²) >= 11 is 0. The van der Waals surface area contributed by atoms with Gasteiger partial charge in [0.05, 0.1) is 6.61 Å². The van der Waals surface area contributed by atoms with Crippen LogP contribution in [0, 0.1) is 13.8 Å². The van der Waals surface area contributed by atoms with Crippen molar-refractivity contribution in [3.8, 4) is 16.9 Å². The maximum absolute atomic E-state index is 12.4. The highest BCUT2D eigenvalue weighted by Gasteiger charge is 2.10. The molecule has 1 amide bonds. The molecule has 0 radical (unpaired) electrons. The number of benzene rings is 3. The monoisotopic (exact) mass is 539 g/mol. The number of amides is 1. The minimum atomic E-state index is -0.549. The summed E-state index contributed by atoms with van der Waals surface area (Å²) in [6.45, 7) is 6.05. The number of carbonyl (C=O) groups is 1. The number of carbonyl (C=O) groups excluding carboxylic acids is 1. The van der Waals surface area contributed by atoms with Crippen molar-refractivity contribution in [1.82, 2.24) is 14.9 Å². The van der Waals surface area contributed by atoms with Gasteiger partial charge in [0, 0.05) is 18.4 Å². The summed E-state index contributed by atoms with van der Waals surface area (Å²) in [6.07, 6.45) is 2.54. The van der Waals surface area contributed by atoms with Crippen molar-refractivity contribution in [2.45, 2.75) is 26.7 Å². The molecule has 0 aliphatic heterocycles. The third kappa shape index (κ3) is 8.28. The molecule has 1 aromatic heterocycles. The quantitative estimate of drug-likeness (QED) is 0.195. The summed E-state index contributed by atoms with van der Waals surface area (Å²) in [7, 11) is 4.02. The van der Waals surface area contributed by atoms with Crippen LogP contribution in [0.15, 0.2) is 79.0 Å². The van der Waals surface area contributed by atoms with Crippen LogP contribution in [0.4, 0.5) is 22.2 Å². The van der Waals surface area contributed by atoms with Crippen molar-refractivity contribution < 1.29 is 14.3 Å². The Balaban J connectivity index is 1.25. The van der Waals surface area contributed by atoms with E-state index in [9.17, 15) is 4.79 Å². The molecular formula is C32H37N5O3. The lowest BCUT2D eigenvalue weighted by Gasteiger charge is -2.14. The van der Waals surface area contributed by atoms with Gasteiger partial charge in [-0.05, 0) is 98.9 Å². The highest BCUT2D eigenvalue weighted by Crippen LogP contribution is 2.29. The fraction of sp³-hybridized carbons (Fsp3) is 0.281. The first-order valence-electron chi connectivity index (χ1n) is 13.4. The van der Waals surface area contributed by atoms with Gasteiger partial charge in [-0.25, -0.2) is 9.78 Å².